The van der Waals surface area contributed by atoms with Crippen LogP contribution in [0.25, 0.3) is 11.0 Å². The van der Waals surface area contributed by atoms with Gasteiger partial charge in [-0.1, -0.05) is 42.5 Å². The molecule has 0 saturated heterocycles. The third kappa shape index (κ3) is 3.62. The third-order valence-corrected chi connectivity index (χ3v) is 4.92. The minimum atomic E-state index is -1.71. The second kappa shape index (κ2) is 7.56. The van der Waals surface area contributed by atoms with Crippen molar-refractivity contribution in [3.63, 3.8) is 0 Å². The molecule has 1 aliphatic rings. The number of rotatable bonds is 5. The summed E-state index contributed by atoms with van der Waals surface area (Å²) in [7, 11) is -1.71. The smallest absolute Gasteiger partial charge is 0.464 e. The van der Waals surface area contributed by atoms with E-state index < -0.39 is 19.2 Å². The Kier molecular flexibility index (Phi) is 4.98. The minimum Gasteiger partial charge on any atom is -0.464 e. The zero-order valence-corrected chi connectivity index (χ0v) is 14.7. The lowest BCUT2D eigenvalue weighted by molar-refractivity contribution is -0.134. The molecule has 138 valence electrons. The van der Waals surface area contributed by atoms with Crippen LogP contribution in [0.2, 0.25) is 0 Å². The molecule has 3 aromatic rings. The Morgan fingerprint density at radius 1 is 1.19 bits per heavy atom. The molecule has 0 bridgehead atoms. The van der Waals surface area contributed by atoms with E-state index in [1.54, 1.807) is 6.26 Å². The first kappa shape index (κ1) is 17.8. The third-order valence-electron chi connectivity index (χ3n) is 4.92. The van der Waals surface area contributed by atoms with Crippen molar-refractivity contribution in [3.8, 4) is 0 Å². The quantitative estimate of drug-likeness (QED) is 0.600. The van der Waals surface area contributed by atoms with E-state index in [0.29, 0.717) is 6.61 Å². The van der Waals surface area contributed by atoms with E-state index in [-0.39, 0.29) is 12.3 Å². The number of furan rings is 1. The topological polar surface area (TPSA) is 91.9 Å². The van der Waals surface area contributed by atoms with E-state index in [9.17, 15) is 14.8 Å². The molecule has 1 aromatic heterocycles. The van der Waals surface area contributed by atoms with Crippen molar-refractivity contribution in [1.29, 1.82) is 0 Å². The molecular formula is C20H20BNO5. The van der Waals surface area contributed by atoms with Gasteiger partial charge in [-0.25, -0.2) is 0 Å². The van der Waals surface area contributed by atoms with Crippen LogP contribution in [-0.4, -0.2) is 35.6 Å². The average molecular weight is 365 g/mol. The maximum absolute atomic E-state index is 12.8. The van der Waals surface area contributed by atoms with Gasteiger partial charge in [-0.2, -0.15) is 0 Å². The number of para-hydroxylation sites is 1. The van der Waals surface area contributed by atoms with Gasteiger partial charge in [-0.15, -0.1) is 0 Å². The normalized spacial score (nSPS) is 17.3. The van der Waals surface area contributed by atoms with Crippen LogP contribution in [-0.2, 0) is 22.4 Å². The zero-order valence-electron chi connectivity index (χ0n) is 14.7. The summed E-state index contributed by atoms with van der Waals surface area (Å²) in [5.41, 5.74) is 3.41. The number of ether oxygens (including phenoxy) is 1. The fourth-order valence-electron chi connectivity index (χ4n) is 3.53. The summed E-state index contributed by atoms with van der Waals surface area (Å²) in [5.74, 6) is -1.26. The van der Waals surface area contributed by atoms with Crippen LogP contribution in [0.3, 0.4) is 0 Å². The molecule has 0 radical (unpaired) electrons. The Balaban J connectivity index is 1.53. The lowest BCUT2D eigenvalue weighted by Gasteiger charge is -2.27. The first-order valence-corrected chi connectivity index (χ1v) is 8.94. The number of hydrogen-bond acceptors (Lipinski definition) is 5. The number of fused-ring (bicyclic) bond motifs is 2. The van der Waals surface area contributed by atoms with Crippen molar-refractivity contribution < 1.29 is 24.0 Å². The van der Waals surface area contributed by atoms with Gasteiger partial charge in [0.1, 0.15) is 5.58 Å². The lowest BCUT2D eigenvalue weighted by atomic mass is 9.75. The first-order valence-electron chi connectivity index (χ1n) is 8.94. The molecule has 1 amide bonds. The maximum Gasteiger partial charge on any atom is 0.475 e. The fourth-order valence-corrected chi connectivity index (χ4v) is 3.53. The Hall–Kier alpha value is -2.61. The van der Waals surface area contributed by atoms with Crippen LogP contribution < -0.4 is 5.32 Å². The van der Waals surface area contributed by atoms with Crippen molar-refractivity contribution >= 4 is 24.0 Å². The second-order valence-corrected chi connectivity index (χ2v) is 6.69. The molecule has 1 aliphatic heterocycles. The van der Waals surface area contributed by atoms with Gasteiger partial charge >= 0.3 is 7.12 Å². The summed E-state index contributed by atoms with van der Waals surface area (Å²) in [5, 5.41) is 23.2. The molecule has 1 unspecified atom stereocenters. The lowest BCUT2D eigenvalue weighted by Crippen LogP contribution is -2.50. The van der Waals surface area contributed by atoms with Gasteiger partial charge in [0.25, 0.3) is 5.91 Å². The first-order chi connectivity index (χ1) is 13.1. The Bertz CT molecular complexity index is 954. The van der Waals surface area contributed by atoms with Gasteiger partial charge in [0.15, 0.2) is 6.10 Å². The van der Waals surface area contributed by atoms with E-state index in [1.165, 1.54) is 0 Å². The molecule has 2 heterocycles. The van der Waals surface area contributed by atoms with Crippen molar-refractivity contribution in [2.45, 2.75) is 24.9 Å². The van der Waals surface area contributed by atoms with Crippen molar-refractivity contribution in [1.82, 2.24) is 5.32 Å². The molecule has 4 rings (SSSR count). The minimum absolute atomic E-state index is 0.231. The van der Waals surface area contributed by atoms with Gasteiger partial charge < -0.3 is 24.5 Å². The van der Waals surface area contributed by atoms with Gasteiger partial charge in [0.2, 0.25) is 0 Å². The average Bonchev–Trinajstić information content (AvgIpc) is 3.10. The van der Waals surface area contributed by atoms with Crippen LogP contribution in [0.4, 0.5) is 0 Å². The van der Waals surface area contributed by atoms with Crippen molar-refractivity contribution in [2.24, 2.45) is 0 Å². The molecule has 2 aromatic carbocycles. The number of carbonyl (C=O) groups excluding carboxylic acids is 1. The van der Waals surface area contributed by atoms with E-state index in [1.807, 2.05) is 48.5 Å². The molecule has 27 heavy (non-hydrogen) atoms. The van der Waals surface area contributed by atoms with E-state index in [2.05, 4.69) is 5.32 Å². The van der Waals surface area contributed by atoms with Crippen LogP contribution in [0.5, 0.6) is 0 Å². The molecular weight excluding hydrogens is 345 g/mol. The Morgan fingerprint density at radius 2 is 1.96 bits per heavy atom. The number of hydrogen-bond donors (Lipinski definition) is 3. The number of carbonyl (C=O) groups is 1. The van der Waals surface area contributed by atoms with Crippen LogP contribution in [0, 0.1) is 0 Å². The highest BCUT2D eigenvalue weighted by molar-refractivity contribution is 6.43. The van der Waals surface area contributed by atoms with Gasteiger partial charge in [-0.3, -0.25) is 4.79 Å². The van der Waals surface area contributed by atoms with E-state index in [0.717, 1.165) is 34.1 Å². The standard InChI is InChI=1S/C20H20BNO5/c23-20(19-16-7-2-1-5-13(16)9-10-26-19)22-18(21(24)25)11-14-12-27-17-8-4-3-6-15(14)17/h1-8,12,18-19,24-25H,9-11H2,(H,22,23)/t18-,19?/m0/s1. The number of amides is 1. The van der Waals surface area contributed by atoms with E-state index in [4.69, 9.17) is 9.15 Å². The summed E-state index contributed by atoms with van der Waals surface area (Å²) in [6.07, 6.45) is 1.82. The fraction of sp³-hybridized carbons (Fsp3) is 0.250. The SMILES string of the molecule is O=C(N[C@@H](Cc1coc2ccccc12)B(O)O)C1OCCc2ccccc21. The highest BCUT2D eigenvalue weighted by Gasteiger charge is 2.32. The molecule has 3 N–H and O–H groups in total. The Labute approximate surface area is 156 Å². The highest BCUT2D eigenvalue weighted by atomic mass is 16.5. The molecule has 2 atom stereocenters. The van der Waals surface area contributed by atoms with Gasteiger partial charge in [-0.05, 0) is 35.6 Å². The molecule has 0 aliphatic carbocycles. The molecule has 0 fully saturated rings. The largest absolute Gasteiger partial charge is 0.475 e. The van der Waals surface area contributed by atoms with Crippen LogP contribution in [0.1, 0.15) is 22.8 Å². The van der Waals surface area contributed by atoms with Gasteiger partial charge in [0.05, 0.1) is 18.8 Å². The summed E-state index contributed by atoms with van der Waals surface area (Å²) >= 11 is 0. The summed E-state index contributed by atoms with van der Waals surface area (Å²) in [6, 6.07) is 15.1. The molecule has 7 heteroatoms. The van der Waals surface area contributed by atoms with Crippen molar-refractivity contribution in [3.05, 3.63) is 71.5 Å². The second-order valence-electron chi connectivity index (χ2n) is 6.69. The summed E-state index contributed by atoms with van der Waals surface area (Å²) in [6.45, 7) is 0.452. The van der Waals surface area contributed by atoms with Crippen LogP contribution in [0.15, 0.2) is 59.2 Å². The predicted octanol–water partition coefficient (Wildman–Crippen LogP) is 1.79. The monoisotopic (exact) mass is 365 g/mol. The van der Waals surface area contributed by atoms with Gasteiger partial charge in [0, 0.05) is 5.39 Å². The highest BCUT2D eigenvalue weighted by Crippen LogP contribution is 2.27. The molecule has 6 nitrogen and oxygen atoms in total. The van der Waals surface area contributed by atoms with Crippen LogP contribution >= 0.6 is 0 Å². The zero-order chi connectivity index (χ0) is 18.8. The molecule has 0 spiro atoms. The summed E-state index contributed by atoms with van der Waals surface area (Å²) in [4.78, 5) is 12.8. The predicted molar refractivity (Wildman–Crippen MR) is 101 cm³/mol. The molecule has 0 saturated carbocycles. The number of nitrogens with one attached hydrogen (secondary N) is 1. The van der Waals surface area contributed by atoms with E-state index >= 15 is 0 Å². The maximum atomic E-state index is 12.8. The summed E-state index contributed by atoms with van der Waals surface area (Å²) < 4.78 is 11.2. The Morgan fingerprint density at radius 3 is 2.81 bits per heavy atom. The number of benzene rings is 2. The van der Waals surface area contributed by atoms with Crippen molar-refractivity contribution in [2.75, 3.05) is 6.61 Å².